The first kappa shape index (κ1) is 20.0. The zero-order valence-electron chi connectivity index (χ0n) is 17.0. The molecule has 162 valence electrons. The fourth-order valence-electron chi connectivity index (χ4n) is 4.65. The zero-order valence-corrected chi connectivity index (χ0v) is 17.8. The Hall–Kier alpha value is -2.91. The van der Waals surface area contributed by atoms with Gasteiger partial charge in [-0.15, -0.1) is 0 Å². The van der Waals surface area contributed by atoms with Crippen LogP contribution in [-0.2, 0) is 21.4 Å². The predicted octanol–water partition coefficient (Wildman–Crippen LogP) is 1.61. The van der Waals surface area contributed by atoms with Gasteiger partial charge < -0.3 is 15.1 Å². The van der Waals surface area contributed by atoms with Gasteiger partial charge in [0.2, 0.25) is 15.9 Å². The highest BCUT2D eigenvalue weighted by Gasteiger charge is 2.36. The summed E-state index contributed by atoms with van der Waals surface area (Å²) in [6.45, 7) is 1.62. The number of nitrogens with zero attached hydrogens (tertiary/aromatic N) is 2. The SMILES string of the molecule is O=C(CN1Cc2ccccc2C1=O)N1CCC([C@H]2Nc3ccccc3S(=O)(=O)N2)CC1. The molecule has 0 radical (unpaired) electrons. The van der Waals surface area contributed by atoms with Crippen LogP contribution in [0, 0.1) is 5.92 Å². The van der Waals surface area contributed by atoms with E-state index in [2.05, 4.69) is 10.0 Å². The summed E-state index contributed by atoms with van der Waals surface area (Å²) >= 11 is 0. The van der Waals surface area contributed by atoms with Crippen LogP contribution >= 0.6 is 0 Å². The number of benzene rings is 2. The summed E-state index contributed by atoms with van der Waals surface area (Å²) < 4.78 is 27.9. The number of rotatable bonds is 3. The lowest BCUT2D eigenvalue weighted by atomic mass is 9.93. The molecule has 8 nitrogen and oxygen atoms in total. The third kappa shape index (κ3) is 3.68. The van der Waals surface area contributed by atoms with Crippen LogP contribution in [0.3, 0.4) is 0 Å². The average Bonchev–Trinajstić information content (AvgIpc) is 3.09. The number of hydrogen-bond acceptors (Lipinski definition) is 5. The van der Waals surface area contributed by atoms with E-state index in [4.69, 9.17) is 0 Å². The Labute approximate surface area is 181 Å². The van der Waals surface area contributed by atoms with Crippen molar-refractivity contribution in [2.45, 2.75) is 30.4 Å². The summed E-state index contributed by atoms with van der Waals surface area (Å²) in [6, 6.07) is 14.3. The van der Waals surface area contributed by atoms with Crippen molar-refractivity contribution >= 4 is 27.5 Å². The van der Waals surface area contributed by atoms with Crippen LogP contribution in [0.15, 0.2) is 53.4 Å². The lowest BCUT2D eigenvalue weighted by molar-refractivity contribution is -0.133. The van der Waals surface area contributed by atoms with Crippen molar-refractivity contribution in [1.82, 2.24) is 14.5 Å². The molecule has 0 saturated carbocycles. The van der Waals surface area contributed by atoms with Crippen molar-refractivity contribution in [3.63, 3.8) is 0 Å². The fourth-order valence-corrected chi connectivity index (χ4v) is 6.04. The summed E-state index contributed by atoms with van der Waals surface area (Å²) in [5, 5.41) is 3.29. The molecule has 3 heterocycles. The largest absolute Gasteiger partial charge is 0.368 e. The Morgan fingerprint density at radius 1 is 1.03 bits per heavy atom. The van der Waals surface area contributed by atoms with Gasteiger partial charge >= 0.3 is 0 Å². The quantitative estimate of drug-likeness (QED) is 0.756. The molecule has 0 spiro atoms. The number of likely N-dealkylation sites (tertiary alicyclic amines) is 1. The van der Waals surface area contributed by atoms with Crippen LogP contribution in [0.25, 0.3) is 0 Å². The standard InChI is InChI=1S/C22H24N4O4S/c27-20(14-26-13-16-5-1-2-6-17(16)22(26)28)25-11-9-15(10-12-25)21-23-18-7-3-4-8-19(18)31(29,30)24-21/h1-8,15,21,23-24H,9-14H2/t21-/m0/s1. The maximum absolute atomic E-state index is 12.8. The average molecular weight is 441 g/mol. The fraction of sp³-hybridized carbons (Fsp3) is 0.364. The smallest absolute Gasteiger partial charge is 0.254 e. The molecule has 2 aromatic carbocycles. The number of carbonyl (C=O) groups excluding carboxylic acids is 2. The molecule has 0 unspecified atom stereocenters. The molecule has 0 aliphatic carbocycles. The summed E-state index contributed by atoms with van der Waals surface area (Å²) in [5.74, 6) is -0.0923. The van der Waals surface area contributed by atoms with Gasteiger partial charge in [0, 0.05) is 25.2 Å². The molecule has 1 fully saturated rings. The lowest BCUT2D eigenvalue weighted by Gasteiger charge is -2.39. The third-order valence-corrected chi connectivity index (χ3v) is 7.85. The minimum absolute atomic E-state index is 0.0675. The molecule has 31 heavy (non-hydrogen) atoms. The molecule has 2 amide bonds. The highest BCUT2D eigenvalue weighted by Crippen LogP contribution is 2.31. The number of anilines is 1. The predicted molar refractivity (Wildman–Crippen MR) is 115 cm³/mol. The number of fused-ring (bicyclic) bond motifs is 2. The van der Waals surface area contributed by atoms with Gasteiger partial charge in [0.15, 0.2) is 0 Å². The Balaban J connectivity index is 1.19. The lowest BCUT2D eigenvalue weighted by Crippen LogP contribution is -2.53. The number of sulfonamides is 1. The van der Waals surface area contributed by atoms with Gasteiger partial charge in [-0.05, 0) is 42.5 Å². The molecule has 3 aliphatic heterocycles. The number of hydrogen-bond donors (Lipinski definition) is 2. The molecule has 1 atom stereocenters. The first-order valence-electron chi connectivity index (χ1n) is 10.5. The maximum Gasteiger partial charge on any atom is 0.254 e. The van der Waals surface area contributed by atoms with Crippen molar-refractivity contribution < 1.29 is 18.0 Å². The van der Waals surface area contributed by atoms with E-state index < -0.39 is 16.2 Å². The van der Waals surface area contributed by atoms with Crippen LogP contribution < -0.4 is 10.0 Å². The van der Waals surface area contributed by atoms with Crippen molar-refractivity contribution in [3.8, 4) is 0 Å². The Kier molecular flexibility index (Phi) is 4.94. The minimum Gasteiger partial charge on any atom is -0.368 e. The van der Waals surface area contributed by atoms with Gasteiger partial charge in [-0.2, -0.15) is 4.72 Å². The van der Waals surface area contributed by atoms with Gasteiger partial charge in [0.05, 0.1) is 11.9 Å². The Morgan fingerprint density at radius 3 is 2.52 bits per heavy atom. The highest BCUT2D eigenvalue weighted by molar-refractivity contribution is 7.89. The topological polar surface area (TPSA) is 98.8 Å². The molecular formula is C22H24N4O4S. The molecule has 5 rings (SSSR count). The van der Waals surface area contributed by atoms with E-state index >= 15 is 0 Å². The summed E-state index contributed by atoms with van der Waals surface area (Å²) in [7, 11) is -3.56. The van der Waals surface area contributed by atoms with E-state index in [9.17, 15) is 18.0 Å². The number of amides is 2. The molecule has 3 aliphatic rings. The van der Waals surface area contributed by atoms with Gasteiger partial charge in [0.1, 0.15) is 11.4 Å². The van der Waals surface area contributed by atoms with Crippen LogP contribution in [0.4, 0.5) is 5.69 Å². The van der Waals surface area contributed by atoms with Crippen molar-refractivity contribution in [1.29, 1.82) is 0 Å². The van der Waals surface area contributed by atoms with E-state index in [0.29, 0.717) is 43.7 Å². The zero-order chi connectivity index (χ0) is 21.6. The van der Waals surface area contributed by atoms with E-state index in [1.807, 2.05) is 24.3 Å². The Morgan fingerprint density at radius 2 is 1.74 bits per heavy atom. The van der Waals surface area contributed by atoms with Crippen molar-refractivity contribution in [2.24, 2.45) is 5.92 Å². The van der Waals surface area contributed by atoms with Crippen molar-refractivity contribution in [2.75, 3.05) is 25.0 Å². The van der Waals surface area contributed by atoms with E-state index in [1.165, 1.54) is 0 Å². The van der Waals surface area contributed by atoms with Gasteiger partial charge in [-0.25, -0.2) is 8.42 Å². The first-order chi connectivity index (χ1) is 14.9. The van der Waals surface area contributed by atoms with Crippen LogP contribution in [0.1, 0.15) is 28.8 Å². The van der Waals surface area contributed by atoms with Gasteiger partial charge in [0.25, 0.3) is 5.91 Å². The molecule has 2 N–H and O–H groups in total. The monoisotopic (exact) mass is 440 g/mol. The van der Waals surface area contributed by atoms with Crippen molar-refractivity contribution in [3.05, 3.63) is 59.7 Å². The normalized spacial score (nSPS) is 22.6. The Bertz CT molecular complexity index is 1140. The van der Waals surface area contributed by atoms with Crippen LogP contribution in [0.5, 0.6) is 0 Å². The number of para-hydroxylation sites is 1. The number of piperidine rings is 1. The first-order valence-corrected chi connectivity index (χ1v) is 11.9. The van der Waals surface area contributed by atoms with E-state index in [1.54, 1.807) is 34.1 Å². The van der Waals surface area contributed by atoms with Gasteiger partial charge in [-0.3, -0.25) is 9.59 Å². The van der Waals surface area contributed by atoms with Crippen LogP contribution in [-0.4, -0.2) is 55.8 Å². The molecule has 0 bridgehead atoms. The second-order valence-corrected chi connectivity index (χ2v) is 9.96. The van der Waals surface area contributed by atoms with Gasteiger partial charge in [-0.1, -0.05) is 30.3 Å². The molecule has 1 saturated heterocycles. The highest BCUT2D eigenvalue weighted by atomic mass is 32.2. The second kappa shape index (κ2) is 7.65. The summed E-state index contributed by atoms with van der Waals surface area (Å²) in [5.41, 5.74) is 2.23. The number of carbonyl (C=O) groups is 2. The van der Waals surface area contributed by atoms with E-state index in [0.717, 1.165) is 5.56 Å². The molecule has 0 aromatic heterocycles. The third-order valence-electron chi connectivity index (χ3n) is 6.36. The van der Waals surface area contributed by atoms with Crippen LogP contribution in [0.2, 0.25) is 0 Å². The second-order valence-electron chi connectivity index (χ2n) is 8.28. The number of nitrogens with one attached hydrogen (secondary N) is 2. The minimum atomic E-state index is -3.56. The maximum atomic E-state index is 12.8. The molecule has 2 aromatic rings. The summed E-state index contributed by atoms with van der Waals surface area (Å²) in [6.07, 6.45) is 0.969. The van der Waals surface area contributed by atoms with E-state index in [-0.39, 0.29) is 29.2 Å². The summed E-state index contributed by atoms with van der Waals surface area (Å²) in [4.78, 5) is 28.9. The molecular weight excluding hydrogens is 416 g/mol. The molecule has 9 heteroatoms.